The highest BCUT2D eigenvalue weighted by atomic mass is 32.2. The quantitative estimate of drug-likeness (QED) is 0.522. The number of carboxylic acid groups (broad SMARTS) is 1. The Hall–Kier alpha value is -0.180. The predicted octanol–water partition coefficient (Wildman–Crippen LogP) is 0.0220. The molecule has 1 atom stereocenters. The summed E-state index contributed by atoms with van der Waals surface area (Å²) in [6.45, 7) is 0. The van der Waals surface area contributed by atoms with E-state index in [1.54, 1.807) is 0 Å². The first-order valence-electron chi connectivity index (χ1n) is 3.13. The highest BCUT2D eigenvalue weighted by Crippen LogP contribution is 2.23. The lowest BCUT2D eigenvalue weighted by Gasteiger charge is -2.21. The highest BCUT2D eigenvalue weighted by molar-refractivity contribution is 8.00. The van der Waals surface area contributed by atoms with E-state index >= 15 is 0 Å². The minimum absolute atomic E-state index is 0.223. The molecule has 0 saturated carbocycles. The van der Waals surface area contributed by atoms with Gasteiger partial charge in [0.1, 0.15) is 0 Å². The maximum absolute atomic E-state index is 10.2. The third kappa shape index (κ3) is 1.90. The van der Waals surface area contributed by atoms with Gasteiger partial charge in [-0.25, -0.2) is 0 Å². The van der Waals surface area contributed by atoms with Gasteiger partial charge in [-0.05, 0) is 18.6 Å². The number of carbonyl (C=O) groups is 1. The van der Waals surface area contributed by atoms with E-state index in [9.17, 15) is 9.90 Å². The van der Waals surface area contributed by atoms with E-state index in [-0.39, 0.29) is 5.25 Å². The van der Waals surface area contributed by atoms with E-state index in [2.05, 4.69) is 0 Å². The van der Waals surface area contributed by atoms with E-state index in [4.69, 9.17) is 0 Å². The van der Waals surface area contributed by atoms with Gasteiger partial charge in [0.15, 0.2) is 0 Å². The van der Waals surface area contributed by atoms with Crippen molar-refractivity contribution in [2.45, 2.75) is 24.5 Å². The van der Waals surface area contributed by atoms with E-state index in [1.807, 2.05) is 0 Å². The van der Waals surface area contributed by atoms with Crippen LogP contribution >= 0.6 is 11.8 Å². The molecular weight excluding hydrogens is 136 g/mol. The number of thioether (sulfide) groups is 1. The Morgan fingerprint density at radius 2 is 2.33 bits per heavy atom. The second-order valence-corrected chi connectivity index (χ2v) is 3.48. The summed E-state index contributed by atoms with van der Waals surface area (Å²) < 4.78 is 0. The van der Waals surface area contributed by atoms with Crippen LogP contribution in [-0.2, 0) is 4.79 Å². The molecule has 1 unspecified atom stereocenters. The van der Waals surface area contributed by atoms with Crippen molar-refractivity contribution in [3.05, 3.63) is 0 Å². The molecule has 3 heteroatoms. The second kappa shape index (κ2) is 3.11. The number of carboxylic acids is 1. The Morgan fingerprint density at radius 3 is 2.67 bits per heavy atom. The van der Waals surface area contributed by atoms with Crippen LogP contribution in [-0.4, -0.2) is 17.0 Å². The molecule has 0 spiro atoms. The molecule has 1 fully saturated rings. The SMILES string of the molecule is O=C([O-])C1CCCCS1. The summed E-state index contributed by atoms with van der Waals surface area (Å²) in [6, 6.07) is 0. The van der Waals surface area contributed by atoms with Gasteiger partial charge in [0.2, 0.25) is 0 Å². The van der Waals surface area contributed by atoms with Gasteiger partial charge in [-0.1, -0.05) is 6.42 Å². The zero-order valence-electron chi connectivity index (χ0n) is 5.13. The minimum Gasteiger partial charge on any atom is -0.549 e. The van der Waals surface area contributed by atoms with Gasteiger partial charge in [-0.2, -0.15) is 11.8 Å². The summed E-state index contributed by atoms with van der Waals surface area (Å²) in [5.41, 5.74) is 0. The predicted molar refractivity (Wildman–Crippen MR) is 35.1 cm³/mol. The Kier molecular flexibility index (Phi) is 2.39. The standard InChI is InChI=1S/C6H10O2S/c7-6(8)5-3-1-2-4-9-5/h5H,1-4H2,(H,7,8)/p-1. The van der Waals surface area contributed by atoms with Crippen LogP contribution in [0.3, 0.4) is 0 Å². The molecule has 9 heavy (non-hydrogen) atoms. The molecule has 0 aliphatic carbocycles. The lowest BCUT2D eigenvalue weighted by molar-refractivity contribution is -0.304. The molecule has 0 aromatic carbocycles. The zero-order chi connectivity index (χ0) is 6.69. The maximum Gasteiger partial charge on any atom is 0.0544 e. The van der Waals surface area contributed by atoms with Gasteiger partial charge in [0, 0.05) is 5.25 Å². The third-order valence-corrected chi connectivity index (χ3v) is 2.80. The molecule has 0 amide bonds. The summed E-state index contributed by atoms with van der Waals surface area (Å²) >= 11 is 1.51. The Balaban J connectivity index is 2.31. The molecule has 1 heterocycles. The van der Waals surface area contributed by atoms with Crippen molar-refractivity contribution in [2.24, 2.45) is 0 Å². The van der Waals surface area contributed by atoms with E-state index < -0.39 is 5.97 Å². The number of carbonyl (C=O) groups excluding carboxylic acids is 1. The molecule has 2 nitrogen and oxygen atoms in total. The lowest BCUT2D eigenvalue weighted by atomic mass is 10.2. The molecule has 0 bridgehead atoms. The van der Waals surface area contributed by atoms with Crippen LogP contribution in [0.4, 0.5) is 0 Å². The summed E-state index contributed by atoms with van der Waals surface area (Å²) in [6.07, 6.45) is 3.01. The van der Waals surface area contributed by atoms with Crippen LogP contribution in [0.25, 0.3) is 0 Å². The third-order valence-electron chi connectivity index (χ3n) is 1.44. The van der Waals surface area contributed by atoms with Crippen molar-refractivity contribution in [1.29, 1.82) is 0 Å². The van der Waals surface area contributed by atoms with Crippen LogP contribution in [0.1, 0.15) is 19.3 Å². The van der Waals surface area contributed by atoms with Crippen molar-refractivity contribution in [3.8, 4) is 0 Å². The number of hydrogen-bond acceptors (Lipinski definition) is 3. The molecule has 1 aliphatic rings. The molecule has 0 aromatic rings. The Morgan fingerprint density at radius 1 is 1.56 bits per heavy atom. The van der Waals surface area contributed by atoms with Gasteiger partial charge in [0.05, 0.1) is 5.97 Å². The summed E-state index contributed by atoms with van der Waals surface area (Å²) in [7, 11) is 0. The Bertz CT molecular complexity index is 108. The van der Waals surface area contributed by atoms with E-state index in [0.29, 0.717) is 0 Å². The average Bonchev–Trinajstić information content (AvgIpc) is 1.90. The number of rotatable bonds is 1. The summed E-state index contributed by atoms with van der Waals surface area (Å²) in [5, 5.41) is 10.00. The number of hydrogen-bond donors (Lipinski definition) is 0. The molecular formula is C6H9O2S-. The van der Waals surface area contributed by atoms with Crippen molar-refractivity contribution in [3.63, 3.8) is 0 Å². The van der Waals surface area contributed by atoms with Gasteiger partial charge < -0.3 is 9.90 Å². The first-order chi connectivity index (χ1) is 4.30. The monoisotopic (exact) mass is 145 g/mol. The van der Waals surface area contributed by atoms with Crippen LogP contribution in [0.2, 0.25) is 0 Å². The maximum atomic E-state index is 10.2. The van der Waals surface area contributed by atoms with Crippen molar-refractivity contribution in [2.75, 3.05) is 5.75 Å². The topological polar surface area (TPSA) is 40.1 Å². The second-order valence-electron chi connectivity index (χ2n) is 2.17. The molecule has 1 rings (SSSR count). The van der Waals surface area contributed by atoms with Gasteiger partial charge in [0.25, 0.3) is 0 Å². The average molecular weight is 145 g/mol. The minimum atomic E-state index is -0.889. The fraction of sp³-hybridized carbons (Fsp3) is 0.833. The summed E-state index contributed by atoms with van der Waals surface area (Å²) in [5.74, 6) is 0.0956. The van der Waals surface area contributed by atoms with Crippen LogP contribution < -0.4 is 5.11 Å². The van der Waals surface area contributed by atoms with Crippen LogP contribution in [0.5, 0.6) is 0 Å². The lowest BCUT2D eigenvalue weighted by Crippen LogP contribution is -2.34. The van der Waals surface area contributed by atoms with Crippen LogP contribution in [0.15, 0.2) is 0 Å². The van der Waals surface area contributed by atoms with Crippen molar-refractivity contribution in [1.82, 2.24) is 0 Å². The fourth-order valence-corrected chi connectivity index (χ4v) is 2.05. The van der Waals surface area contributed by atoms with Crippen LogP contribution in [0, 0.1) is 0 Å². The number of aliphatic carboxylic acids is 1. The van der Waals surface area contributed by atoms with Crippen molar-refractivity contribution >= 4 is 17.7 Å². The van der Waals surface area contributed by atoms with Gasteiger partial charge in [-0.3, -0.25) is 0 Å². The zero-order valence-corrected chi connectivity index (χ0v) is 5.95. The molecule has 52 valence electrons. The van der Waals surface area contributed by atoms with Gasteiger partial charge >= 0.3 is 0 Å². The Labute approximate surface area is 58.6 Å². The fourth-order valence-electron chi connectivity index (χ4n) is 0.927. The molecule has 1 saturated heterocycles. The highest BCUT2D eigenvalue weighted by Gasteiger charge is 2.13. The molecule has 1 aliphatic heterocycles. The molecule has 0 N–H and O–H groups in total. The van der Waals surface area contributed by atoms with E-state index in [0.717, 1.165) is 25.0 Å². The van der Waals surface area contributed by atoms with Crippen molar-refractivity contribution < 1.29 is 9.90 Å². The molecule has 0 aromatic heterocycles. The smallest absolute Gasteiger partial charge is 0.0544 e. The van der Waals surface area contributed by atoms with Gasteiger partial charge in [-0.15, -0.1) is 0 Å². The largest absolute Gasteiger partial charge is 0.549 e. The normalized spacial score (nSPS) is 27.8. The molecule has 0 radical (unpaired) electrons. The summed E-state index contributed by atoms with van der Waals surface area (Å²) in [4.78, 5) is 10.2. The van der Waals surface area contributed by atoms with E-state index in [1.165, 1.54) is 11.8 Å². The first-order valence-corrected chi connectivity index (χ1v) is 4.18. The first kappa shape index (κ1) is 6.93.